The van der Waals surface area contributed by atoms with E-state index in [4.69, 9.17) is 4.74 Å². The lowest BCUT2D eigenvalue weighted by Gasteiger charge is -2.56. The van der Waals surface area contributed by atoms with E-state index in [1.54, 1.807) is 11.1 Å². The molecule has 266 valence electrons. The fourth-order valence-electron chi connectivity index (χ4n) is 11.1. The molecule has 4 aliphatic carbocycles. The summed E-state index contributed by atoms with van der Waals surface area (Å²) in [6, 6.07) is 0. The van der Waals surface area contributed by atoms with Gasteiger partial charge in [-0.1, -0.05) is 143 Å². The molecule has 1 N–H and O–H groups in total. The van der Waals surface area contributed by atoms with Crippen LogP contribution in [-0.2, 0) is 9.53 Å². The Morgan fingerprint density at radius 2 is 1.43 bits per heavy atom. The Bertz CT molecular complexity index is 952. The van der Waals surface area contributed by atoms with Crippen LogP contribution in [0.2, 0.25) is 0 Å². The highest BCUT2D eigenvalue weighted by molar-refractivity contribution is 5.70. The minimum Gasteiger partial charge on any atom is -0.458 e. The fourth-order valence-corrected chi connectivity index (χ4v) is 11.1. The minimum atomic E-state index is -0.109. The number of aliphatic hydroxyl groups excluding tert-OH is 1. The van der Waals surface area contributed by atoms with Gasteiger partial charge in [-0.15, -0.1) is 0 Å². The van der Waals surface area contributed by atoms with Crippen molar-refractivity contribution >= 4 is 5.97 Å². The van der Waals surface area contributed by atoms with Crippen molar-refractivity contribution in [3.63, 3.8) is 0 Å². The third-order valence-electron chi connectivity index (χ3n) is 13.9. The van der Waals surface area contributed by atoms with E-state index in [0.29, 0.717) is 35.5 Å². The molecule has 0 aromatic carbocycles. The first-order chi connectivity index (χ1) is 22.1. The second-order valence-corrected chi connectivity index (χ2v) is 17.7. The number of unbranched alkanes of at least 4 members (excludes halogenated alkanes) is 12. The summed E-state index contributed by atoms with van der Waals surface area (Å²) in [5.41, 5.74) is 3.74. The Morgan fingerprint density at radius 3 is 2.07 bits per heavy atom. The van der Waals surface area contributed by atoms with E-state index in [0.717, 1.165) is 50.9 Å². The van der Waals surface area contributed by atoms with Gasteiger partial charge in [0.05, 0.1) is 6.10 Å². The quantitative estimate of drug-likeness (QED) is 0.0818. The van der Waals surface area contributed by atoms with Crippen LogP contribution in [0.25, 0.3) is 0 Å². The number of allylic oxidation sites excluding steroid dienone is 1. The summed E-state index contributed by atoms with van der Waals surface area (Å²) >= 11 is 0. The Kier molecular flexibility index (Phi) is 15.1. The molecule has 0 bridgehead atoms. The highest BCUT2D eigenvalue weighted by Crippen LogP contribution is 2.66. The average molecular weight is 641 g/mol. The van der Waals surface area contributed by atoms with Gasteiger partial charge < -0.3 is 9.84 Å². The van der Waals surface area contributed by atoms with E-state index in [-0.39, 0.29) is 23.6 Å². The van der Waals surface area contributed by atoms with Gasteiger partial charge in [-0.3, -0.25) is 4.79 Å². The summed E-state index contributed by atoms with van der Waals surface area (Å²) < 4.78 is 6.57. The SMILES string of the molecule is CCCCCCCCCCCCCCCC(=O)O[C@H]1C[C@H]([C@H](C)CCCC(C)C)[C@@]2(C)CC[C@H]3C(=C12)CC[C@H]1C[C@@H](O)CC[C@@]13C. The van der Waals surface area contributed by atoms with E-state index in [2.05, 4.69) is 41.5 Å². The van der Waals surface area contributed by atoms with Gasteiger partial charge in [-0.25, -0.2) is 0 Å². The summed E-state index contributed by atoms with van der Waals surface area (Å²) in [6.07, 6.45) is 30.6. The Labute approximate surface area is 285 Å². The highest BCUT2D eigenvalue weighted by Gasteiger charge is 2.58. The summed E-state index contributed by atoms with van der Waals surface area (Å²) in [7, 11) is 0. The zero-order valence-electron chi connectivity index (χ0n) is 31.5. The average Bonchev–Trinajstić information content (AvgIpc) is 3.31. The molecule has 0 heterocycles. The summed E-state index contributed by atoms with van der Waals surface area (Å²) in [6.45, 7) is 14.6. The highest BCUT2D eigenvalue weighted by atomic mass is 16.5. The zero-order valence-corrected chi connectivity index (χ0v) is 31.5. The molecule has 8 atom stereocenters. The van der Waals surface area contributed by atoms with Gasteiger partial charge in [0.15, 0.2) is 0 Å². The van der Waals surface area contributed by atoms with Crippen molar-refractivity contribution in [3.8, 4) is 0 Å². The van der Waals surface area contributed by atoms with Crippen molar-refractivity contribution in [2.75, 3.05) is 0 Å². The van der Waals surface area contributed by atoms with E-state index >= 15 is 0 Å². The standard InChI is InChI=1S/C43H76O3/c1-7-8-9-10-11-12-13-14-15-16-17-18-19-23-40(45)46-39-31-38(33(4)22-20-21-32(2)3)43(6)29-27-37-36(41(39)43)25-24-34-30-35(44)26-28-42(34,37)5/h32-35,37-39,44H,7-31H2,1-6H3/t33-,34+,35+,37+,38-,39+,42+,43-/m1/s1. The number of esters is 1. The van der Waals surface area contributed by atoms with Crippen LogP contribution in [0.3, 0.4) is 0 Å². The van der Waals surface area contributed by atoms with Gasteiger partial charge >= 0.3 is 5.97 Å². The number of hydrogen-bond acceptors (Lipinski definition) is 3. The number of hydrogen-bond donors (Lipinski definition) is 1. The smallest absolute Gasteiger partial charge is 0.306 e. The van der Waals surface area contributed by atoms with Crippen molar-refractivity contribution in [1.82, 2.24) is 0 Å². The molecular weight excluding hydrogens is 564 g/mol. The second-order valence-electron chi connectivity index (χ2n) is 17.7. The molecule has 4 rings (SSSR count). The maximum absolute atomic E-state index is 13.4. The lowest BCUT2D eigenvalue weighted by molar-refractivity contribution is -0.147. The molecule has 4 aliphatic rings. The molecule has 3 heteroatoms. The second kappa shape index (κ2) is 18.2. The number of aliphatic hydroxyl groups is 1. The van der Waals surface area contributed by atoms with Crippen molar-refractivity contribution in [2.24, 2.45) is 40.4 Å². The molecule has 0 radical (unpaired) electrons. The van der Waals surface area contributed by atoms with E-state index in [1.807, 2.05) is 0 Å². The third-order valence-corrected chi connectivity index (χ3v) is 13.9. The summed E-state index contributed by atoms with van der Waals surface area (Å²) in [5.74, 6) is 3.34. The van der Waals surface area contributed by atoms with Crippen LogP contribution in [0.15, 0.2) is 11.1 Å². The lowest BCUT2D eigenvalue weighted by Crippen LogP contribution is -2.48. The van der Waals surface area contributed by atoms with Crippen molar-refractivity contribution in [2.45, 2.75) is 214 Å². The molecular formula is C43H76O3. The molecule has 46 heavy (non-hydrogen) atoms. The molecule has 0 amide bonds. The first kappa shape index (κ1) is 38.0. The van der Waals surface area contributed by atoms with Crippen molar-refractivity contribution in [1.29, 1.82) is 0 Å². The van der Waals surface area contributed by atoms with Crippen LogP contribution in [0.4, 0.5) is 0 Å². The first-order valence-corrected chi connectivity index (χ1v) is 20.7. The molecule has 0 aromatic heterocycles. The van der Waals surface area contributed by atoms with Gasteiger partial charge in [-0.2, -0.15) is 0 Å². The topological polar surface area (TPSA) is 46.5 Å². The van der Waals surface area contributed by atoms with Crippen molar-refractivity contribution < 1.29 is 14.6 Å². The van der Waals surface area contributed by atoms with E-state index in [9.17, 15) is 9.90 Å². The Hall–Kier alpha value is -0.830. The van der Waals surface area contributed by atoms with Crippen LogP contribution in [0.1, 0.15) is 202 Å². The van der Waals surface area contributed by atoms with Crippen LogP contribution in [0.5, 0.6) is 0 Å². The van der Waals surface area contributed by atoms with Gasteiger partial charge in [0.2, 0.25) is 0 Å². The minimum absolute atomic E-state index is 0.0100. The third kappa shape index (κ3) is 9.65. The molecule has 0 unspecified atom stereocenters. The summed E-state index contributed by atoms with van der Waals surface area (Å²) in [5, 5.41) is 10.5. The predicted molar refractivity (Wildman–Crippen MR) is 195 cm³/mol. The van der Waals surface area contributed by atoms with Crippen LogP contribution in [0, 0.1) is 40.4 Å². The van der Waals surface area contributed by atoms with Gasteiger partial charge in [0.1, 0.15) is 6.10 Å². The molecule has 0 aromatic rings. The Balaban J connectivity index is 1.32. The molecule has 0 spiro atoms. The maximum atomic E-state index is 13.4. The van der Waals surface area contributed by atoms with Crippen LogP contribution < -0.4 is 0 Å². The normalized spacial score (nSPS) is 33.1. The molecule has 3 saturated carbocycles. The van der Waals surface area contributed by atoms with Gasteiger partial charge in [0.25, 0.3) is 0 Å². The summed E-state index contributed by atoms with van der Waals surface area (Å²) in [4.78, 5) is 13.4. The number of carbonyl (C=O) groups is 1. The number of rotatable bonds is 20. The van der Waals surface area contributed by atoms with E-state index < -0.39 is 0 Å². The first-order valence-electron chi connectivity index (χ1n) is 20.7. The van der Waals surface area contributed by atoms with Crippen LogP contribution >= 0.6 is 0 Å². The molecule has 0 aliphatic heterocycles. The van der Waals surface area contributed by atoms with Crippen molar-refractivity contribution in [3.05, 3.63) is 11.1 Å². The Morgan fingerprint density at radius 1 is 0.804 bits per heavy atom. The largest absolute Gasteiger partial charge is 0.458 e. The molecule has 3 nitrogen and oxygen atoms in total. The monoisotopic (exact) mass is 641 g/mol. The number of carbonyl (C=O) groups excluding carboxylic acids is 1. The molecule has 0 saturated heterocycles. The van der Waals surface area contributed by atoms with Crippen LogP contribution in [-0.4, -0.2) is 23.3 Å². The molecule has 3 fully saturated rings. The maximum Gasteiger partial charge on any atom is 0.306 e. The van der Waals surface area contributed by atoms with E-state index in [1.165, 1.54) is 109 Å². The zero-order chi connectivity index (χ0) is 33.2. The van der Waals surface area contributed by atoms with Gasteiger partial charge in [-0.05, 0) is 104 Å². The lowest BCUT2D eigenvalue weighted by atomic mass is 9.48. The van der Waals surface area contributed by atoms with Gasteiger partial charge in [0, 0.05) is 6.42 Å². The number of ether oxygens (including phenoxy) is 1. The number of fused-ring (bicyclic) bond motifs is 4. The predicted octanol–water partition coefficient (Wildman–Crippen LogP) is 12.5. The fraction of sp³-hybridized carbons (Fsp3) is 0.930.